The first-order chi connectivity index (χ1) is 15.7. The molecule has 0 spiro atoms. The first kappa shape index (κ1) is 22.0. The third-order valence-corrected chi connectivity index (χ3v) is 7.07. The van der Waals surface area contributed by atoms with E-state index in [2.05, 4.69) is 82.9 Å². The Hall–Kier alpha value is -2.83. The molecular formula is C27H30BN3O2. The topological polar surface area (TPSA) is 57.1 Å². The van der Waals surface area contributed by atoms with Crippen LogP contribution in [0.1, 0.15) is 52.9 Å². The molecule has 6 heteroatoms. The molecule has 0 unspecified atom stereocenters. The average molecular weight is 439 g/mol. The van der Waals surface area contributed by atoms with Crippen LogP contribution < -0.4 is 5.46 Å². The van der Waals surface area contributed by atoms with E-state index in [1.54, 1.807) is 0 Å². The summed E-state index contributed by atoms with van der Waals surface area (Å²) < 4.78 is 12.5. The Labute approximate surface area is 195 Å². The molecule has 0 atom stereocenters. The first-order valence-electron chi connectivity index (χ1n) is 11.8. The monoisotopic (exact) mass is 439 g/mol. The third-order valence-electron chi connectivity index (χ3n) is 7.07. The van der Waals surface area contributed by atoms with E-state index in [1.165, 1.54) is 0 Å². The van der Waals surface area contributed by atoms with Crippen LogP contribution in [0.3, 0.4) is 0 Å². The molecule has 4 heterocycles. The van der Waals surface area contributed by atoms with Crippen molar-refractivity contribution in [1.29, 1.82) is 0 Å². The van der Waals surface area contributed by atoms with Crippen molar-refractivity contribution in [3.05, 3.63) is 60.2 Å². The van der Waals surface area contributed by atoms with Gasteiger partial charge in [0.2, 0.25) is 0 Å². The molecule has 1 saturated heterocycles. The van der Waals surface area contributed by atoms with Crippen LogP contribution in [0.5, 0.6) is 0 Å². The summed E-state index contributed by atoms with van der Waals surface area (Å²) in [6.45, 7) is 12.5. The summed E-state index contributed by atoms with van der Waals surface area (Å²) in [5.41, 5.74) is 6.27. The minimum atomic E-state index is -0.448. The van der Waals surface area contributed by atoms with Crippen LogP contribution in [0.25, 0.3) is 32.9 Å². The molecule has 0 radical (unpaired) electrons. The lowest BCUT2D eigenvalue weighted by Gasteiger charge is -2.32. The van der Waals surface area contributed by atoms with E-state index in [4.69, 9.17) is 19.3 Å². The van der Waals surface area contributed by atoms with E-state index in [-0.39, 0.29) is 0 Å². The van der Waals surface area contributed by atoms with Crippen LogP contribution >= 0.6 is 0 Å². The van der Waals surface area contributed by atoms with E-state index in [1.807, 2.05) is 12.4 Å². The summed E-state index contributed by atoms with van der Waals surface area (Å²) in [5, 5.41) is 2.18. The smallest absolute Gasteiger partial charge is 0.399 e. The Morgan fingerprint density at radius 2 is 1.45 bits per heavy atom. The lowest BCUT2D eigenvalue weighted by Crippen LogP contribution is -2.41. The molecule has 1 fully saturated rings. The van der Waals surface area contributed by atoms with Gasteiger partial charge in [0.1, 0.15) is 0 Å². The Balaban J connectivity index is 1.68. The number of fused-ring (bicyclic) bond motifs is 3. The van der Waals surface area contributed by atoms with Crippen LogP contribution in [0.2, 0.25) is 0 Å². The predicted molar refractivity (Wildman–Crippen MR) is 135 cm³/mol. The number of hydrogen-bond acceptors (Lipinski definition) is 5. The highest BCUT2D eigenvalue weighted by Crippen LogP contribution is 2.37. The largest absolute Gasteiger partial charge is 0.496 e. The summed E-state index contributed by atoms with van der Waals surface area (Å²) >= 11 is 0. The van der Waals surface area contributed by atoms with Crippen LogP contribution in [0, 0.1) is 0 Å². The molecular weight excluding hydrogens is 409 g/mol. The SMILES string of the molecule is CCc1ccc2ccc3c(-c4cncc(B5OC(C)(C)C(C)(C)O5)c4)cc(CC)nc3c2n1. The number of aryl methyl sites for hydroxylation is 2. The van der Waals surface area contributed by atoms with Crippen LogP contribution in [0.15, 0.2) is 48.8 Å². The fraction of sp³-hybridized carbons (Fsp3) is 0.370. The maximum Gasteiger partial charge on any atom is 0.496 e. The van der Waals surface area contributed by atoms with Gasteiger partial charge in [-0.1, -0.05) is 38.1 Å². The zero-order valence-electron chi connectivity index (χ0n) is 20.3. The maximum atomic E-state index is 6.27. The second kappa shape index (κ2) is 7.89. The minimum absolute atomic E-state index is 0.395. The van der Waals surface area contributed by atoms with E-state index in [9.17, 15) is 0 Å². The zero-order valence-corrected chi connectivity index (χ0v) is 20.3. The van der Waals surface area contributed by atoms with Gasteiger partial charge in [0.05, 0.1) is 22.2 Å². The van der Waals surface area contributed by atoms with Crippen LogP contribution in [-0.2, 0) is 22.2 Å². The van der Waals surface area contributed by atoms with Crippen molar-refractivity contribution in [2.45, 2.75) is 65.6 Å². The van der Waals surface area contributed by atoms with Crippen molar-refractivity contribution in [1.82, 2.24) is 15.0 Å². The summed E-state index contributed by atoms with van der Waals surface area (Å²) in [6.07, 6.45) is 5.48. The van der Waals surface area contributed by atoms with E-state index < -0.39 is 18.3 Å². The molecule has 1 aliphatic rings. The van der Waals surface area contributed by atoms with Crippen molar-refractivity contribution >= 4 is 34.4 Å². The number of benzene rings is 1. The minimum Gasteiger partial charge on any atom is -0.399 e. The van der Waals surface area contributed by atoms with Crippen molar-refractivity contribution in [3.8, 4) is 11.1 Å². The summed E-state index contributed by atoms with van der Waals surface area (Å²) in [6, 6.07) is 12.8. The van der Waals surface area contributed by atoms with Gasteiger partial charge in [0.15, 0.2) is 0 Å². The molecule has 1 aromatic carbocycles. The molecule has 33 heavy (non-hydrogen) atoms. The fourth-order valence-electron chi connectivity index (χ4n) is 4.29. The number of rotatable bonds is 4. The molecule has 0 saturated carbocycles. The second-order valence-corrected chi connectivity index (χ2v) is 9.80. The van der Waals surface area contributed by atoms with Gasteiger partial charge in [0, 0.05) is 45.6 Å². The molecule has 1 aliphatic heterocycles. The Morgan fingerprint density at radius 1 is 0.788 bits per heavy atom. The Bertz CT molecular complexity index is 1350. The predicted octanol–water partition coefficient (Wildman–Crippen LogP) is 5.27. The van der Waals surface area contributed by atoms with Crippen molar-refractivity contribution < 1.29 is 9.31 Å². The van der Waals surface area contributed by atoms with Crippen LogP contribution in [-0.4, -0.2) is 33.3 Å². The molecule has 0 bridgehead atoms. The van der Waals surface area contributed by atoms with E-state index >= 15 is 0 Å². The number of nitrogens with zero attached hydrogens (tertiary/aromatic N) is 3. The first-order valence-corrected chi connectivity index (χ1v) is 11.8. The normalized spacial score (nSPS) is 17.2. The molecule has 5 rings (SSSR count). The zero-order chi connectivity index (χ0) is 23.4. The summed E-state index contributed by atoms with van der Waals surface area (Å²) in [5.74, 6) is 0. The molecule has 0 aliphatic carbocycles. The van der Waals surface area contributed by atoms with Crippen LogP contribution in [0.4, 0.5) is 0 Å². The van der Waals surface area contributed by atoms with Gasteiger partial charge in [-0.05, 0) is 58.2 Å². The summed E-state index contributed by atoms with van der Waals surface area (Å²) in [4.78, 5) is 14.5. The van der Waals surface area contributed by atoms with Gasteiger partial charge in [-0.15, -0.1) is 0 Å². The average Bonchev–Trinajstić information content (AvgIpc) is 3.04. The third kappa shape index (κ3) is 3.71. The van der Waals surface area contributed by atoms with E-state index in [0.717, 1.165) is 62.6 Å². The fourth-order valence-corrected chi connectivity index (χ4v) is 4.29. The quantitative estimate of drug-likeness (QED) is 0.320. The van der Waals surface area contributed by atoms with Gasteiger partial charge in [-0.25, -0.2) is 0 Å². The van der Waals surface area contributed by atoms with Gasteiger partial charge < -0.3 is 9.31 Å². The van der Waals surface area contributed by atoms with Crippen molar-refractivity contribution in [2.24, 2.45) is 0 Å². The highest BCUT2D eigenvalue weighted by molar-refractivity contribution is 6.62. The van der Waals surface area contributed by atoms with Gasteiger partial charge in [0.25, 0.3) is 0 Å². The number of pyridine rings is 3. The second-order valence-electron chi connectivity index (χ2n) is 9.80. The molecule has 3 aromatic heterocycles. The molecule has 5 nitrogen and oxygen atoms in total. The van der Waals surface area contributed by atoms with Gasteiger partial charge >= 0.3 is 7.12 Å². The molecule has 0 N–H and O–H groups in total. The van der Waals surface area contributed by atoms with Gasteiger partial charge in [-0.2, -0.15) is 0 Å². The highest BCUT2D eigenvalue weighted by Gasteiger charge is 2.51. The lowest BCUT2D eigenvalue weighted by molar-refractivity contribution is 0.00578. The van der Waals surface area contributed by atoms with Crippen molar-refractivity contribution in [3.63, 3.8) is 0 Å². The Kier molecular flexibility index (Phi) is 5.26. The number of hydrogen-bond donors (Lipinski definition) is 0. The standard InChI is InChI=1S/C27H30BN3O2/c1-7-20-11-9-17-10-12-22-23(14-21(8-2)31-25(22)24(17)30-20)18-13-19(16-29-15-18)28-32-26(3,4)27(5,6)33-28/h9-16H,7-8H2,1-6H3. The number of aromatic nitrogens is 3. The maximum absolute atomic E-state index is 6.27. The molecule has 4 aromatic rings. The Morgan fingerprint density at radius 3 is 2.15 bits per heavy atom. The van der Waals surface area contributed by atoms with E-state index in [0.29, 0.717) is 0 Å². The van der Waals surface area contributed by atoms with Gasteiger partial charge in [-0.3, -0.25) is 15.0 Å². The molecule has 0 amide bonds. The highest BCUT2D eigenvalue weighted by atomic mass is 16.7. The lowest BCUT2D eigenvalue weighted by atomic mass is 9.79. The molecule has 168 valence electrons. The summed E-state index contributed by atoms with van der Waals surface area (Å²) in [7, 11) is -0.448. The van der Waals surface area contributed by atoms with Crippen molar-refractivity contribution in [2.75, 3.05) is 0 Å².